The zero-order valence-corrected chi connectivity index (χ0v) is 13.6. The number of aryl methyl sites for hydroxylation is 2. The maximum absolute atomic E-state index is 11.4. The van der Waals surface area contributed by atoms with Gasteiger partial charge in [0, 0.05) is 5.56 Å². The van der Waals surface area contributed by atoms with E-state index in [0.717, 1.165) is 29.5 Å². The fraction of sp³-hybridized carbons (Fsp3) is 0.467. The van der Waals surface area contributed by atoms with Crippen LogP contribution in [0.5, 0.6) is 0 Å². The molecule has 0 aliphatic carbocycles. The third kappa shape index (κ3) is 7.37. The maximum Gasteiger partial charge on any atom is 1.00 e. The Hall–Kier alpha value is -0.0826. The van der Waals surface area contributed by atoms with E-state index in [1.807, 2.05) is 18.2 Å². The largest absolute Gasteiger partial charge is 1.00 e. The Balaban J connectivity index is 0. The molecule has 0 aliphatic heterocycles. The van der Waals surface area contributed by atoms with Crippen LogP contribution in [-0.4, -0.2) is 5.52 Å². The van der Waals surface area contributed by atoms with Crippen LogP contribution in [0.15, 0.2) is 18.2 Å². The SMILES string of the molecule is CCc1cccc(CC)c1C(=O)P.[CH2-]C(C)C.[Li+]. The maximum atomic E-state index is 11.4. The van der Waals surface area contributed by atoms with Crippen LogP contribution >= 0.6 is 9.24 Å². The average Bonchev–Trinajstić information content (AvgIpc) is 2.26. The molecule has 0 amide bonds. The van der Waals surface area contributed by atoms with Crippen LogP contribution in [0.1, 0.15) is 49.2 Å². The van der Waals surface area contributed by atoms with Gasteiger partial charge in [0.15, 0.2) is 5.52 Å². The van der Waals surface area contributed by atoms with Crippen molar-refractivity contribution in [3.63, 3.8) is 0 Å². The van der Waals surface area contributed by atoms with Crippen LogP contribution in [0.4, 0.5) is 0 Å². The van der Waals surface area contributed by atoms with Gasteiger partial charge in [-0.25, -0.2) is 0 Å². The Morgan fingerprint density at radius 2 is 1.56 bits per heavy atom. The molecule has 0 N–H and O–H groups in total. The Morgan fingerprint density at radius 3 is 1.78 bits per heavy atom. The second-order valence-corrected chi connectivity index (χ2v) is 4.94. The molecule has 1 aromatic carbocycles. The number of benzene rings is 1. The van der Waals surface area contributed by atoms with Crippen molar-refractivity contribution in [2.24, 2.45) is 5.92 Å². The van der Waals surface area contributed by atoms with Crippen LogP contribution in [0.2, 0.25) is 0 Å². The van der Waals surface area contributed by atoms with Crippen LogP contribution in [-0.2, 0) is 12.8 Å². The number of carbonyl (C=O) groups is 1. The van der Waals surface area contributed by atoms with Gasteiger partial charge in [-0.2, -0.15) is 5.92 Å². The van der Waals surface area contributed by atoms with Gasteiger partial charge in [-0.15, -0.1) is 0 Å². The van der Waals surface area contributed by atoms with Crippen molar-refractivity contribution in [3.8, 4) is 0 Å². The number of carbonyl (C=O) groups excluding carboxylic acids is 1. The van der Waals surface area contributed by atoms with E-state index in [-0.39, 0.29) is 24.4 Å². The zero-order chi connectivity index (χ0) is 13.4. The van der Waals surface area contributed by atoms with Crippen LogP contribution in [0.25, 0.3) is 0 Å². The molecule has 0 saturated heterocycles. The van der Waals surface area contributed by atoms with Gasteiger partial charge in [-0.3, -0.25) is 4.79 Å². The molecule has 1 unspecified atom stereocenters. The molecular weight excluding hydrogens is 234 g/mol. The Labute approximate surface area is 127 Å². The molecule has 1 atom stereocenters. The summed E-state index contributed by atoms with van der Waals surface area (Å²) in [6, 6.07) is 6.07. The fourth-order valence-corrected chi connectivity index (χ4v) is 1.93. The first-order valence-electron chi connectivity index (χ1n) is 6.17. The number of hydrogen-bond acceptors (Lipinski definition) is 1. The molecule has 0 radical (unpaired) electrons. The summed E-state index contributed by atoms with van der Waals surface area (Å²) in [5.74, 6) is 0.583. The summed E-state index contributed by atoms with van der Waals surface area (Å²) in [5, 5.41) is 0. The third-order valence-electron chi connectivity index (χ3n) is 2.25. The topological polar surface area (TPSA) is 17.1 Å². The molecule has 1 aromatic rings. The molecule has 0 fully saturated rings. The van der Waals surface area contributed by atoms with Crippen molar-refractivity contribution >= 4 is 14.8 Å². The predicted molar refractivity (Wildman–Crippen MR) is 79.4 cm³/mol. The first-order chi connectivity index (χ1) is 7.93. The second kappa shape index (κ2) is 10.8. The van der Waals surface area contributed by atoms with Crippen molar-refractivity contribution in [3.05, 3.63) is 41.8 Å². The van der Waals surface area contributed by atoms with Gasteiger partial charge in [0.25, 0.3) is 0 Å². The molecule has 1 rings (SSSR count). The molecule has 3 heteroatoms. The van der Waals surface area contributed by atoms with E-state index >= 15 is 0 Å². The molecular formula is C15H24LiOP. The molecule has 0 heterocycles. The Morgan fingerprint density at radius 1 is 1.22 bits per heavy atom. The van der Waals surface area contributed by atoms with Gasteiger partial charge in [0.05, 0.1) is 0 Å². The summed E-state index contributed by atoms with van der Waals surface area (Å²) >= 11 is 0. The third-order valence-corrected chi connectivity index (χ3v) is 2.53. The van der Waals surface area contributed by atoms with Crippen molar-refractivity contribution in [2.45, 2.75) is 40.5 Å². The minimum Gasteiger partial charge on any atom is -0.341 e. The minimum absolute atomic E-state index is 0. The molecule has 96 valence electrons. The summed E-state index contributed by atoms with van der Waals surface area (Å²) in [4.78, 5) is 11.4. The molecule has 0 aliphatic rings. The number of rotatable bonds is 3. The van der Waals surface area contributed by atoms with Gasteiger partial charge >= 0.3 is 18.9 Å². The van der Waals surface area contributed by atoms with Gasteiger partial charge in [0.2, 0.25) is 0 Å². The average molecular weight is 258 g/mol. The van der Waals surface area contributed by atoms with E-state index in [2.05, 4.69) is 43.9 Å². The summed E-state index contributed by atoms with van der Waals surface area (Å²) in [6.07, 6.45) is 1.84. The van der Waals surface area contributed by atoms with Crippen LogP contribution in [0, 0.1) is 12.8 Å². The van der Waals surface area contributed by atoms with E-state index in [1.165, 1.54) is 0 Å². The van der Waals surface area contributed by atoms with Gasteiger partial charge in [-0.05, 0) is 24.0 Å². The minimum atomic E-state index is 0. The van der Waals surface area contributed by atoms with Crippen LogP contribution < -0.4 is 18.9 Å². The normalized spacial score (nSPS) is 9.28. The van der Waals surface area contributed by atoms with E-state index < -0.39 is 0 Å². The standard InChI is InChI=1S/C11H15OP.C4H9.Li/c1-3-8-6-5-7-9(4-2)10(8)11(12)13;1-4(2)3;/h5-7H,3-4,13H2,1-2H3;4H,1H2,2-3H3;/q;-1;+1. The summed E-state index contributed by atoms with van der Waals surface area (Å²) < 4.78 is 0. The molecule has 0 saturated carbocycles. The fourth-order valence-electron chi connectivity index (χ4n) is 1.56. The second-order valence-electron chi connectivity index (χ2n) is 4.42. The molecule has 1 nitrogen and oxygen atoms in total. The molecule has 0 spiro atoms. The van der Waals surface area contributed by atoms with Gasteiger partial charge in [0.1, 0.15) is 0 Å². The van der Waals surface area contributed by atoms with E-state index in [9.17, 15) is 4.79 Å². The first kappa shape index (κ1) is 20.2. The first-order valence-corrected chi connectivity index (χ1v) is 6.75. The zero-order valence-electron chi connectivity index (χ0n) is 12.4. The Kier molecular flexibility index (Phi) is 12.1. The smallest absolute Gasteiger partial charge is 0.341 e. The number of hydrogen-bond donors (Lipinski definition) is 0. The monoisotopic (exact) mass is 258 g/mol. The van der Waals surface area contributed by atoms with Crippen molar-refractivity contribution in [1.82, 2.24) is 0 Å². The molecule has 0 aromatic heterocycles. The van der Waals surface area contributed by atoms with Crippen molar-refractivity contribution in [1.29, 1.82) is 0 Å². The van der Waals surface area contributed by atoms with Gasteiger partial charge < -0.3 is 6.92 Å². The summed E-state index contributed by atoms with van der Waals surface area (Å²) in [5.41, 5.74) is 3.31. The van der Waals surface area contributed by atoms with E-state index in [4.69, 9.17) is 0 Å². The van der Waals surface area contributed by atoms with Crippen molar-refractivity contribution < 1.29 is 23.7 Å². The van der Waals surface area contributed by atoms with E-state index in [0.29, 0.717) is 5.92 Å². The van der Waals surface area contributed by atoms with E-state index in [1.54, 1.807) is 0 Å². The van der Waals surface area contributed by atoms with Crippen molar-refractivity contribution in [2.75, 3.05) is 0 Å². The summed E-state index contributed by atoms with van der Waals surface area (Å²) in [7, 11) is 2.26. The predicted octanol–water partition coefficient (Wildman–Crippen LogP) is 1.31. The molecule has 0 bridgehead atoms. The molecule has 18 heavy (non-hydrogen) atoms. The van der Waals surface area contributed by atoms with Crippen LogP contribution in [0.3, 0.4) is 0 Å². The quantitative estimate of drug-likeness (QED) is 0.454. The summed E-state index contributed by atoms with van der Waals surface area (Å²) in [6.45, 7) is 11.9. The van der Waals surface area contributed by atoms with Gasteiger partial charge in [-0.1, -0.05) is 55.1 Å². The Bertz CT molecular complexity index is 337.